The average molecular weight is 129 g/mol. The predicted molar refractivity (Wildman–Crippen MR) is 34.4 cm³/mol. The van der Waals surface area contributed by atoms with E-state index in [-0.39, 0.29) is 6.61 Å². The highest BCUT2D eigenvalue weighted by Gasteiger charge is 2.14. The van der Waals surface area contributed by atoms with E-state index in [1.165, 1.54) is 0 Å². The van der Waals surface area contributed by atoms with E-state index >= 15 is 0 Å². The Balaban J connectivity index is 2.36. The molecule has 1 rings (SSSR count). The minimum atomic E-state index is 0.213. The van der Waals surface area contributed by atoms with Gasteiger partial charge in [-0.1, -0.05) is 0 Å². The second-order valence-electron chi connectivity index (χ2n) is 2.40. The molecule has 0 aromatic rings. The zero-order valence-electron chi connectivity index (χ0n) is 5.29. The lowest BCUT2D eigenvalue weighted by molar-refractivity contribution is -0.461. The van der Waals surface area contributed by atoms with Crippen LogP contribution in [0.2, 0.25) is 0 Å². The minimum Gasteiger partial charge on any atom is -0.624 e. The smallest absolute Gasteiger partial charge is 0.153 e. The third-order valence-corrected chi connectivity index (χ3v) is 1.66. The van der Waals surface area contributed by atoms with Crippen LogP contribution in [-0.2, 0) is 0 Å². The van der Waals surface area contributed by atoms with Crippen molar-refractivity contribution in [1.82, 2.24) is 0 Å². The highest BCUT2D eigenvalue weighted by molar-refractivity contribution is 5.52. The maximum absolute atomic E-state index is 10.5. The van der Waals surface area contributed by atoms with Gasteiger partial charge in [0, 0.05) is 19.4 Å². The molecular formula is C6H11NO2. The van der Waals surface area contributed by atoms with E-state index < -0.39 is 0 Å². The van der Waals surface area contributed by atoms with Crippen molar-refractivity contribution in [3.05, 3.63) is 5.21 Å². The lowest BCUT2D eigenvalue weighted by Gasteiger charge is -2.15. The van der Waals surface area contributed by atoms with Crippen molar-refractivity contribution in [3.8, 4) is 0 Å². The fourth-order valence-electron chi connectivity index (χ4n) is 0.951. The third-order valence-electron chi connectivity index (χ3n) is 1.66. The Morgan fingerprint density at radius 1 is 1.78 bits per heavy atom. The van der Waals surface area contributed by atoms with E-state index in [9.17, 15) is 5.21 Å². The molecule has 0 aromatic heterocycles. The number of rotatable bonds is 1. The summed E-state index contributed by atoms with van der Waals surface area (Å²) in [6, 6.07) is 0. The molecule has 1 atom stereocenters. The van der Waals surface area contributed by atoms with E-state index in [0.29, 0.717) is 12.5 Å². The Hall–Kier alpha value is -0.570. The summed E-state index contributed by atoms with van der Waals surface area (Å²) in [5, 5.41) is 19.1. The largest absolute Gasteiger partial charge is 0.624 e. The Bertz CT molecular complexity index is 122. The van der Waals surface area contributed by atoms with Gasteiger partial charge in [0.05, 0.1) is 0 Å². The molecule has 0 aromatic carbocycles. The topological polar surface area (TPSA) is 46.3 Å². The van der Waals surface area contributed by atoms with Gasteiger partial charge in [-0.25, -0.2) is 4.74 Å². The first kappa shape index (κ1) is 6.55. The van der Waals surface area contributed by atoms with Gasteiger partial charge in [-0.15, -0.1) is 0 Å². The molecule has 3 nitrogen and oxygen atoms in total. The first-order valence-electron chi connectivity index (χ1n) is 3.21. The number of hydroxylamine groups is 1. The molecule has 0 spiro atoms. The molecule has 0 aliphatic carbocycles. The fraction of sp³-hybridized carbons (Fsp3) is 0.833. The number of aliphatic hydroxyl groups excluding tert-OH is 1. The highest BCUT2D eigenvalue weighted by Crippen LogP contribution is 2.09. The van der Waals surface area contributed by atoms with Crippen molar-refractivity contribution < 1.29 is 9.85 Å². The SMILES string of the molecule is [O-][N+]1=CC[C@@H](CO)CC1. The van der Waals surface area contributed by atoms with Gasteiger partial charge in [-0.05, 0) is 5.92 Å². The number of nitrogens with zero attached hydrogens (tertiary/aromatic N) is 1. The Morgan fingerprint density at radius 3 is 3.00 bits per heavy atom. The molecule has 0 amide bonds. The van der Waals surface area contributed by atoms with Crippen LogP contribution in [0.1, 0.15) is 12.8 Å². The van der Waals surface area contributed by atoms with Crippen LogP contribution >= 0.6 is 0 Å². The number of hydrogen-bond donors (Lipinski definition) is 1. The quantitative estimate of drug-likeness (QED) is 0.399. The van der Waals surface area contributed by atoms with Gasteiger partial charge in [0.2, 0.25) is 0 Å². The molecule has 0 radical (unpaired) electrons. The molecule has 1 N–H and O–H groups in total. The molecule has 1 aliphatic rings. The Kier molecular flexibility index (Phi) is 2.05. The summed E-state index contributed by atoms with van der Waals surface area (Å²) >= 11 is 0. The molecule has 52 valence electrons. The Labute approximate surface area is 54.2 Å². The average Bonchev–Trinajstić information content (AvgIpc) is 1.90. The lowest BCUT2D eigenvalue weighted by Crippen LogP contribution is -2.21. The summed E-state index contributed by atoms with van der Waals surface area (Å²) in [6.45, 7) is 0.759. The van der Waals surface area contributed by atoms with Crippen LogP contribution in [0.3, 0.4) is 0 Å². The Morgan fingerprint density at radius 2 is 2.56 bits per heavy atom. The van der Waals surface area contributed by atoms with Crippen molar-refractivity contribution in [2.24, 2.45) is 5.92 Å². The van der Waals surface area contributed by atoms with Crippen molar-refractivity contribution in [3.63, 3.8) is 0 Å². The second-order valence-corrected chi connectivity index (χ2v) is 2.40. The maximum Gasteiger partial charge on any atom is 0.153 e. The van der Waals surface area contributed by atoms with E-state index in [1.54, 1.807) is 6.21 Å². The monoisotopic (exact) mass is 129 g/mol. The summed E-state index contributed by atoms with van der Waals surface area (Å²) in [6.07, 6.45) is 3.17. The van der Waals surface area contributed by atoms with Gasteiger partial charge in [-0.2, -0.15) is 0 Å². The van der Waals surface area contributed by atoms with Crippen LogP contribution in [0.25, 0.3) is 0 Å². The van der Waals surface area contributed by atoms with E-state index in [4.69, 9.17) is 5.11 Å². The van der Waals surface area contributed by atoms with Crippen LogP contribution in [0.4, 0.5) is 0 Å². The molecular weight excluding hydrogens is 118 g/mol. The van der Waals surface area contributed by atoms with Crippen molar-refractivity contribution in [2.75, 3.05) is 13.2 Å². The molecule has 0 bridgehead atoms. The van der Waals surface area contributed by atoms with Crippen LogP contribution < -0.4 is 0 Å². The number of hydrogen-bond acceptors (Lipinski definition) is 2. The fourth-order valence-corrected chi connectivity index (χ4v) is 0.951. The van der Waals surface area contributed by atoms with Crippen LogP contribution in [0.15, 0.2) is 0 Å². The third kappa shape index (κ3) is 1.68. The van der Waals surface area contributed by atoms with Crippen molar-refractivity contribution >= 4 is 6.21 Å². The predicted octanol–water partition coefficient (Wildman–Crippen LogP) is -0.0302. The first-order valence-corrected chi connectivity index (χ1v) is 3.21. The molecule has 0 unspecified atom stereocenters. The zero-order valence-corrected chi connectivity index (χ0v) is 5.29. The van der Waals surface area contributed by atoms with Gasteiger partial charge in [-0.3, -0.25) is 0 Å². The number of aliphatic hydroxyl groups is 1. The maximum atomic E-state index is 10.5. The van der Waals surface area contributed by atoms with Crippen molar-refractivity contribution in [2.45, 2.75) is 12.8 Å². The molecule has 0 saturated heterocycles. The van der Waals surface area contributed by atoms with Gasteiger partial charge in [0.1, 0.15) is 0 Å². The summed E-state index contributed by atoms with van der Waals surface area (Å²) in [7, 11) is 0. The van der Waals surface area contributed by atoms with E-state index in [2.05, 4.69) is 0 Å². The van der Waals surface area contributed by atoms with Crippen LogP contribution in [-0.4, -0.2) is 29.2 Å². The van der Waals surface area contributed by atoms with Crippen LogP contribution in [0.5, 0.6) is 0 Å². The summed E-state index contributed by atoms with van der Waals surface area (Å²) in [5.74, 6) is 0.329. The molecule has 9 heavy (non-hydrogen) atoms. The summed E-state index contributed by atoms with van der Waals surface area (Å²) in [5.41, 5.74) is 0. The van der Waals surface area contributed by atoms with E-state index in [0.717, 1.165) is 17.6 Å². The van der Waals surface area contributed by atoms with E-state index in [1.807, 2.05) is 0 Å². The lowest BCUT2D eigenvalue weighted by atomic mass is 10.0. The van der Waals surface area contributed by atoms with Crippen LogP contribution in [0, 0.1) is 11.1 Å². The standard InChI is InChI=1S/C6H11NO2/c8-5-6-1-3-7(9)4-2-6/h3,6,8H,1-2,4-5H2/t6-/m1/s1. The zero-order chi connectivity index (χ0) is 6.69. The second kappa shape index (κ2) is 2.82. The van der Waals surface area contributed by atoms with Gasteiger partial charge in [0.25, 0.3) is 0 Å². The molecule has 3 heteroatoms. The summed E-state index contributed by atoms with van der Waals surface area (Å²) < 4.78 is 0.937. The van der Waals surface area contributed by atoms with Gasteiger partial charge >= 0.3 is 0 Å². The first-order chi connectivity index (χ1) is 4.33. The van der Waals surface area contributed by atoms with Crippen molar-refractivity contribution in [1.29, 1.82) is 0 Å². The highest BCUT2D eigenvalue weighted by atomic mass is 16.5. The normalized spacial score (nSPS) is 27.7. The molecule has 1 aliphatic heterocycles. The van der Waals surface area contributed by atoms with Gasteiger partial charge in [0.15, 0.2) is 12.8 Å². The molecule has 0 fully saturated rings. The summed E-state index contributed by atoms with van der Waals surface area (Å²) in [4.78, 5) is 0. The molecule has 0 saturated carbocycles. The minimum absolute atomic E-state index is 0.213. The molecule has 1 heterocycles. The van der Waals surface area contributed by atoms with Gasteiger partial charge < -0.3 is 10.3 Å².